The van der Waals surface area contributed by atoms with Crippen LogP contribution in [0.4, 0.5) is 4.79 Å². The number of esters is 1. The molecule has 10 heteroatoms. The summed E-state index contributed by atoms with van der Waals surface area (Å²) in [6.45, 7) is 9.90. The Hall–Kier alpha value is -3.01. The van der Waals surface area contributed by atoms with Gasteiger partial charge in [-0.15, -0.1) is 16.8 Å². The molecule has 1 atom stereocenters. The molecule has 0 aliphatic carbocycles. The minimum atomic E-state index is -0.453. The van der Waals surface area contributed by atoms with Crippen LogP contribution in [0.5, 0.6) is 0 Å². The number of aryl methyl sites for hydroxylation is 1. The van der Waals surface area contributed by atoms with E-state index < -0.39 is 12.0 Å². The van der Waals surface area contributed by atoms with Crippen LogP contribution in [0, 0.1) is 6.92 Å². The Morgan fingerprint density at radius 1 is 1.48 bits per heavy atom. The molecule has 3 rings (SSSR count). The first-order valence-corrected chi connectivity index (χ1v) is 10.1. The number of rotatable bonds is 8. The van der Waals surface area contributed by atoms with Crippen LogP contribution in [0.2, 0.25) is 0 Å². The summed E-state index contributed by atoms with van der Waals surface area (Å²) < 4.78 is 12.4. The summed E-state index contributed by atoms with van der Waals surface area (Å²) in [7, 11) is 0. The fourth-order valence-electron chi connectivity index (χ4n) is 3.04. The van der Waals surface area contributed by atoms with Crippen LogP contribution >= 0.6 is 11.8 Å². The summed E-state index contributed by atoms with van der Waals surface area (Å²) in [6, 6.07) is 1.03. The zero-order chi connectivity index (χ0) is 21.0. The van der Waals surface area contributed by atoms with Crippen molar-refractivity contribution in [2.24, 2.45) is 0 Å². The molecule has 0 bridgehead atoms. The Bertz CT molecular complexity index is 962. The lowest BCUT2D eigenvalue weighted by Gasteiger charge is -2.26. The summed E-state index contributed by atoms with van der Waals surface area (Å²) >= 11 is 1.36. The number of furan rings is 1. The second-order valence-corrected chi connectivity index (χ2v) is 7.26. The molecule has 2 amide bonds. The SMILES string of the molecule is C=CCn1c(SCC2=C(C(=O)OCC)C(C)NC(=O)N2)nnc1-c1ccoc1C. The number of carbonyl (C=O) groups is 2. The molecule has 2 N–H and O–H groups in total. The van der Waals surface area contributed by atoms with Crippen LogP contribution in [0.1, 0.15) is 19.6 Å². The number of ether oxygens (including phenoxy) is 1. The fourth-order valence-corrected chi connectivity index (χ4v) is 3.95. The Kier molecular flexibility index (Phi) is 6.42. The molecule has 1 unspecified atom stereocenters. The van der Waals surface area contributed by atoms with E-state index in [1.165, 1.54) is 11.8 Å². The number of nitrogens with zero attached hydrogens (tertiary/aromatic N) is 3. The van der Waals surface area contributed by atoms with Crippen molar-refractivity contribution in [1.29, 1.82) is 0 Å². The van der Waals surface area contributed by atoms with Crippen molar-refractivity contribution in [3.63, 3.8) is 0 Å². The van der Waals surface area contributed by atoms with Gasteiger partial charge < -0.3 is 19.8 Å². The van der Waals surface area contributed by atoms with Gasteiger partial charge in [0.2, 0.25) is 0 Å². The lowest BCUT2D eigenvalue weighted by molar-refractivity contribution is -0.138. The first-order chi connectivity index (χ1) is 14.0. The quantitative estimate of drug-likeness (QED) is 0.386. The minimum absolute atomic E-state index is 0.254. The summed E-state index contributed by atoms with van der Waals surface area (Å²) in [6.07, 6.45) is 3.36. The minimum Gasteiger partial charge on any atom is -0.469 e. The van der Waals surface area contributed by atoms with Crippen molar-refractivity contribution in [3.8, 4) is 11.4 Å². The fraction of sp³-hybridized carbons (Fsp3) is 0.368. The second-order valence-electron chi connectivity index (χ2n) is 6.32. The number of aromatic nitrogens is 3. The predicted octanol–water partition coefficient (Wildman–Crippen LogP) is 2.64. The highest BCUT2D eigenvalue weighted by molar-refractivity contribution is 7.99. The molecule has 154 valence electrons. The summed E-state index contributed by atoms with van der Waals surface area (Å²) in [5, 5.41) is 14.6. The van der Waals surface area contributed by atoms with Gasteiger partial charge in [-0.1, -0.05) is 17.8 Å². The molecule has 0 radical (unpaired) electrons. The molecule has 0 spiro atoms. The van der Waals surface area contributed by atoms with Crippen molar-refractivity contribution >= 4 is 23.8 Å². The van der Waals surface area contributed by atoms with E-state index in [-0.39, 0.29) is 12.6 Å². The number of hydrogen-bond acceptors (Lipinski definition) is 7. The molecule has 2 aromatic rings. The summed E-state index contributed by atoms with van der Waals surface area (Å²) in [5.41, 5.74) is 1.75. The van der Waals surface area contributed by atoms with Gasteiger partial charge in [0.1, 0.15) is 5.76 Å². The highest BCUT2D eigenvalue weighted by Crippen LogP contribution is 2.28. The largest absolute Gasteiger partial charge is 0.469 e. The normalized spacial score (nSPS) is 16.4. The topological polar surface area (TPSA) is 111 Å². The van der Waals surface area contributed by atoms with Gasteiger partial charge in [-0.2, -0.15) is 0 Å². The molecule has 3 heterocycles. The zero-order valence-electron chi connectivity index (χ0n) is 16.5. The first-order valence-electron chi connectivity index (χ1n) is 9.15. The summed E-state index contributed by atoms with van der Waals surface area (Å²) in [4.78, 5) is 24.3. The number of hydrogen-bond donors (Lipinski definition) is 2. The zero-order valence-corrected chi connectivity index (χ0v) is 17.3. The van der Waals surface area contributed by atoms with Crippen LogP contribution in [-0.4, -0.2) is 45.2 Å². The predicted molar refractivity (Wildman–Crippen MR) is 108 cm³/mol. The number of urea groups is 1. The van der Waals surface area contributed by atoms with Gasteiger partial charge in [0.25, 0.3) is 0 Å². The lowest BCUT2D eigenvalue weighted by Crippen LogP contribution is -2.49. The van der Waals surface area contributed by atoms with E-state index in [4.69, 9.17) is 9.15 Å². The molecule has 0 aromatic carbocycles. The molecule has 0 fully saturated rings. The molecular weight excluding hydrogens is 394 g/mol. The maximum absolute atomic E-state index is 12.4. The molecule has 0 saturated carbocycles. The Morgan fingerprint density at radius 2 is 2.28 bits per heavy atom. The van der Waals surface area contributed by atoms with E-state index in [1.54, 1.807) is 26.2 Å². The molecule has 9 nitrogen and oxygen atoms in total. The van der Waals surface area contributed by atoms with E-state index in [2.05, 4.69) is 27.4 Å². The molecule has 1 aliphatic rings. The smallest absolute Gasteiger partial charge is 0.337 e. The van der Waals surface area contributed by atoms with E-state index in [0.717, 1.165) is 11.3 Å². The average Bonchev–Trinajstić information content (AvgIpc) is 3.25. The van der Waals surface area contributed by atoms with E-state index in [0.29, 0.717) is 34.5 Å². The van der Waals surface area contributed by atoms with E-state index in [1.807, 2.05) is 17.6 Å². The maximum atomic E-state index is 12.4. The number of amides is 2. The Balaban J connectivity index is 1.89. The highest BCUT2D eigenvalue weighted by atomic mass is 32.2. The van der Waals surface area contributed by atoms with Crippen LogP contribution in [0.25, 0.3) is 11.4 Å². The van der Waals surface area contributed by atoms with Gasteiger partial charge in [0.05, 0.1) is 30.0 Å². The molecule has 0 saturated heterocycles. The third-order valence-corrected chi connectivity index (χ3v) is 5.33. The number of carbonyl (C=O) groups excluding carboxylic acids is 2. The maximum Gasteiger partial charge on any atom is 0.337 e. The Labute approximate surface area is 172 Å². The number of nitrogens with one attached hydrogen (secondary N) is 2. The van der Waals surface area contributed by atoms with Gasteiger partial charge in [0.15, 0.2) is 11.0 Å². The van der Waals surface area contributed by atoms with Gasteiger partial charge in [0, 0.05) is 18.0 Å². The monoisotopic (exact) mass is 417 g/mol. The van der Waals surface area contributed by atoms with Crippen molar-refractivity contribution in [3.05, 3.63) is 42.0 Å². The van der Waals surface area contributed by atoms with Crippen molar-refractivity contribution in [1.82, 2.24) is 25.4 Å². The van der Waals surface area contributed by atoms with Crippen LogP contribution in [0.15, 0.2) is 45.8 Å². The second kappa shape index (κ2) is 8.99. The van der Waals surface area contributed by atoms with Gasteiger partial charge in [-0.3, -0.25) is 4.57 Å². The lowest BCUT2D eigenvalue weighted by atomic mass is 10.1. The molecule has 1 aliphatic heterocycles. The van der Waals surface area contributed by atoms with Crippen LogP contribution < -0.4 is 10.6 Å². The number of allylic oxidation sites excluding steroid dienone is 1. The highest BCUT2D eigenvalue weighted by Gasteiger charge is 2.30. The van der Waals surface area contributed by atoms with Crippen molar-refractivity contribution < 1.29 is 18.7 Å². The standard InChI is InChI=1S/C19H23N5O4S/c1-5-8-24-16(13-7-9-28-12(13)4)22-23-19(24)29-10-14-15(17(25)27-6-2)11(3)20-18(26)21-14/h5,7,9,11H,1,6,8,10H2,2-4H3,(H2,20,21,26). The third kappa shape index (κ3) is 4.37. The third-order valence-electron chi connectivity index (χ3n) is 4.34. The van der Waals surface area contributed by atoms with Gasteiger partial charge in [-0.25, -0.2) is 9.59 Å². The van der Waals surface area contributed by atoms with Crippen LogP contribution in [-0.2, 0) is 16.1 Å². The molecular formula is C19H23N5O4S. The first kappa shape index (κ1) is 20.7. The Morgan fingerprint density at radius 3 is 2.93 bits per heavy atom. The number of thioether (sulfide) groups is 1. The van der Waals surface area contributed by atoms with Crippen LogP contribution in [0.3, 0.4) is 0 Å². The van der Waals surface area contributed by atoms with E-state index in [9.17, 15) is 9.59 Å². The average molecular weight is 417 g/mol. The van der Waals surface area contributed by atoms with Gasteiger partial charge in [-0.05, 0) is 26.8 Å². The van der Waals surface area contributed by atoms with Crippen molar-refractivity contribution in [2.75, 3.05) is 12.4 Å². The molecule has 2 aromatic heterocycles. The van der Waals surface area contributed by atoms with E-state index >= 15 is 0 Å². The van der Waals surface area contributed by atoms with Gasteiger partial charge >= 0.3 is 12.0 Å². The van der Waals surface area contributed by atoms with Crippen molar-refractivity contribution in [2.45, 2.75) is 38.5 Å². The molecule has 29 heavy (non-hydrogen) atoms. The summed E-state index contributed by atoms with van der Waals surface area (Å²) in [5.74, 6) is 1.28.